The van der Waals surface area contributed by atoms with E-state index in [0.29, 0.717) is 17.8 Å². The lowest BCUT2D eigenvalue weighted by molar-refractivity contribution is 0.475. The second-order valence-corrected chi connectivity index (χ2v) is 8.87. The molecule has 0 radical (unpaired) electrons. The van der Waals surface area contributed by atoms with Gasteiger partial charge in [0, 0.05) is 16.7 Å². The average molecular weight is 337 g/mol. The van der Waals surface area contributed by atoms with Gasteiger partial charge in [-0.15, -0.1) is 22.7 Å². The Balaban J connectivity index is 1.79. The zero-order valence-electron chi connectivity index (χ0n) is 14.4. The van der Waals surface area contributed by atoms with Crippen LogP contribution < -0.4 is 0 Å². The average Bonchev–Trinajstić information content (AvgIpc) is 3.05. The summed E-state index contributed by atoms with van der Waals surface area (Å²) < 4.78 is 0. The molecule has 0 aliphatic heterocycles. The highest BCUT2D eigenvalue weighted by Gasteiger charge is 2.14. The van der Waals surface area contributed by atoms with E-state index in [2.05, 4.69) is 50.4 Å². The van der Waals surface area contributed by atoms with Gasteiger partial charge in [0.05, 0.1) is 21.4 Å². The molecule has 22 heavy (non-hydrogen) atoms. The predicted octanol–water partition coefficient (Wildman–Crippen LogP) is 5.87. The monoisotopic (exact) mass is 336 g/mol. The summed E-state index contributed by atoms with van der Waals surface area (Å²) in [5, 5.41) is 6.94. The van der Waals surface area contributed by atoms with Crippen molar-refractivity contribution < 1.29 is 0 Å². The first-order valence-corrected chi connectivity index (χ1v) is 10.0. The van der Waals surface area contributed by atoms with Gasteiger partial charge < -0.3 is 0 Å². The summed E-state index contributed by atoms with van der Waals surface area (Å²) in [5.41, 5.74) is 2.53. The summed E-state index contributed by atoms with van der Waals surface area (Å²) >= 11 is 3.59. The number of thiazole rings is 2. The molecule has 0 N–H and O–H groups in total. The Labute approximate surface area is 143 Å². The molecule has 2 atom stereocenters. The quantitative estimate of drug-likeness (QED) is 0.602. The molecule has 0 aromatic carbocycles. The molecule has 122 valence electrons. The molecule has 2 rings (SSSR count). The van der Waals surface area contributed by atoms with Crippen LogP contribution in [0.25, 0.3) is 0 Å². The molecule has 0 amide bonds. The number of aromatic nitrogens is 2. The maximum atomic E-state index is 4.82. The van der Waals surface area contributed by atoms with Crippen LogP contribution in [-0.2, 0) is 12.8 Å². The third-order valence-electron chi connectivity index (χ3n) is 3.93. The number of hydrogen-bond acceptors (Lipinski definition) is 4. The van der Waals surface area contributed by atoms with Crippen LogP contribution in [0.15, 0.2) is 10.8 Å². The highest BCUT2D eigenvalue weighted by atomic mass is 32.1. The lowest BCUT2D eigenvalue weighted by Crippen LogP contribution is -2.03. The van der Waals surface area contributed by atoms with E-state index in [-0.39, 0.29) is 0 Å². The Morgan fingerprint density at radius 3 is 2.23 bits per heavy atom. The van der Waals surface area contributed by atoms with Gasteiger partial charge in [-0.3, -0.25) is 0 Å². The van der Waals surface area contributed by atoms with Gasteiger partial charge in [-0.2, -0.15) is 0 Å². The van der Waals surface area contributed by atoms with Crippen molar-refractivity contribution >= 4 is 22.7 Å². The Kier molecular flexibility index (Phi) is 6.57. The van der Waals surface area contributed by atoms with Gasteiger partial charge in [0.1, 0.15) is 0 Å². The van der Waals surface area contributed by atoms with E-state index < -0.39 is 0 Å². The summed E-state index contributed by atoms with van der Waals surface area (Å²) in [5.74, 6) is 1.96. The molecule has 0 fully saturated rings. The summed E-state index contributed by atoms with van der Waals surface area (Å²) in [7, 11) is 0. The molecule has 2 aromatic heterocycles. The molecule has 0 bridgehead atoms. The van der Waals surface area contributed by atoms with Crippen LogP contribution in [0.2, 0.25) is 0 Å². The minimum absolute atomic E-state index is 0.575. The lowest BCUT2D eigenvalue weighted by atomic mass is 9.95. The van der Waals surface area contributed by atoms with Crippen LogP contribution in [0.5, 0.6) is 0 Å². The maximum absolute atomic E-state index is 4.82. The van der Waals surface area contributed by atoms with Gasteiger partial charge in [0.25, 0.3) is 0 Å². The van der Waals surface area contributed by atoms with Crippen LogP contribution in [0.3, 0.4) is 0 Å². The fraction of sp³-hybridized carbons (Fsp3) is 0.667. The van der Waals surface area contributed by atoms with Crippen molar-refractivity contribution in [2.75, 3.05) is 0 Å². The van der Waals surface area contributed by atoms with Crippen LogP contribution in [0.4, 0.5) is 0 Å². The van der Waals surface area contributed by atoms with Crippen molar-refractivity contribution in [3.8, 4) is 0 Å². The Bertz CT molecular complexity index is 571. The van der Waals surface area contributed by atoms with E-state index in [1.807, 2.05) is 11.3 Å². The van der Waals surface area contributed by atoms with Crippen LogP contribution in [-0.4, -0.2) is 9.97 Å². The van der Waals surface area contributed by atoms with E-state index in [1.54, 1.807) is 11.3 Å². The van der Waals surface area contributed by atoms with Crippen LogP contribution in [0.1, 0.15) is 67.9 Å². The molecule has 0 aliphatic carbocycles. The molecule has 2 heterocycles. The maximum Gasteiger partial charge on any atom is 0.0956 e. The van der Waals surface area contributed by atoms with E-state index >= 15 is 0 Å². The van der Waals surface area contributed by atoms with Gasteiger partial charge in [-0.1, -0.05) is 27.7 Å². The summed E-state index contributed by atoms with van der Waals surface area (Å²) in [6.07, 6.45) is 4.67. The van der Waals surface area contributed by atoms with Crippen molar-refractivity contribution in [1.29, 1.82) is 0 Å². The van der Waals surface area contributed by atoms with Crippen LogP contribution in [0, 0.1) is 18.8 Å². The molecule has 0 saturated heterocycles. The number of aryl methyl sites for hydroxylation is 1. The van der Waals surface area contributed by atoms with Crippen molar-refractivity contribution in [3.05, 3.63) is 32.2 Å². The number of rotatable bonds is 8. The van der Waals surface area contributed by atoms with Gasteiger partial charge >= 0.3 is 0 Å². The molecule has 0 saturated carbocycles. The molecule has 0 aliphatic rings. The molecular weight excluding hydrogens is 308 g/mol. The first-order valence-electron chi connectivity index (χ1n) is 8.29. The molecule has 2 unspecified atom stereocenters. The van der Waals surface area contributed by atoms with Crippen molar-refractivity contribution in [2.24, 2.45) is 11.8 Å². The number of hydrogen-bond donors (Lipinski definition) is 0. The standard InChI is InChI=1S/C18H28N2S2/c1-12(2)8-16-11-22-18(20-16)14(4)7-6-13(3)9-17-10-21-15(5)19-17/h10-14H,6-9H2,1-5H3. The Morgan fingerprint density at radius 1 is 0.909 bits per heavy atom. The highest BCUT2D eigenvalue weighted by molar-refractivity contribution is 7.09. The summed E-state index contributed by atoms with van der Waals surface area (Å²) in [6.45, 7) is 11.2. The van der Waals surface area contributed by atoms with E-state index in [0.717, 1.165) is 12.8 Å². The zero-order chi connectivity index (χ0) is 16.1. The first kappa shape index (κ1) is 17.6. The smallest absolute Gasteiger partial charge is 0.0956 e. The van der Waals surface area contributed by atoms with Crippen molar-refractivity contribution in [2.45, 2.75) is 66.2 Å². The normalized spacial score (nSPS) is 14.5. The van der Waals surface area contributed by atoms with Crippen LogP contribution >= 0.6 is 22.7 Å². The number of nitrogens with zero attached hydrogens (tertiary/aromatic N) is 2. The van der Waals surface area contributed by atoms with Gasteiger partial charge in [-0.25, -0.2) is 9.97 Å². The molecule has 4 heteroatoms. The van der Waals surface area contributed by atoms with E-state index in [1.165, 1.54) is 34.2 Å². The molecule has 2 aromatic rings. The Morgan fingerprint density at radius 2 is 1.59 bits per heavy atom. The summed E-state index contributed by atoms with van der Waals surface area (Å²) in [4.78, 5) is 9.40. The third-order valence-corrected chi connectivity index (χ3v) is 5.87. The minimum atomic E-state index is 0.575. The second-order valence-electron chi connectivity index (χ2n) is 6.92. The SMILES string of the molecule is Cc1nc(CC(C)CCC(C)c2nc(CC(C)C)cs2)cs1. The van der Waals surface area contributed by atoms with Gasteiger partial charge in [0.15, 0.2) is 0 Å². The van der Waals surface area contributed by atoms with Gasteiger partial charge in [-0.05, 0) is 44.4 Å². The third kappa shape index (κ3) is 5.47. The highest BCUT2D eigenvalue weighted by Crippen LogP contribution is 2.27. The zero-order valence-corrected chi connectivity index (χ0v) is 16.1. The topological polar surface area (TPSA) is 25.8 Å². The second kappa shape index (κ2) is 8.21. The molecular formula is C18H28N2S2. The van der Waals surface area contributed by atoms with Gasteiger partial charge in [0.2, 0.25) is 0 Å². The fourth-order valence-electron chi connectivity index (χ4n) is 2.68. The fourth-order valence-corrected chi connectivity index (χ4v) is 4.23. The predicted molar refractivity (Wildman–Crippen MR) is 98.0 cm³/mol. The van der Waals surface area contributed by atoms with Crippen molar-refractivity contribution in [3.63, 3.8) is 0 Å². The van der Waals surface area contributed by atoms with E-state index in [9.17, 15) is 0 Å². The first-order chi connectivity index (χ1) is 10.4. The lowest BCUT2D eigenvalue weighted by Gasteiger charge is -2.13. The van der Waals surface area contributed by atoms with E-state index in [4.69, 9.17) is 4.98 Å². The largest absolute Gasteiger partial charge is 0.247 e. The molecule has 0 spiro atoms. The minimum Gasteiger partial charge on any atom is -0.247 e. The molecule has 2 nitrogen and oxygen atoms in total. The Hall–Kier alpha value is -0.740. The van der Waals surface area contributed by atoms with Crippen molar-refractivity contribution in [1.82, 2.24) is 9.97 Å². The summed E-state index contributed by atoms with van der Waals surface area (Å²) in [6, 6.07) is 0.